The first kappa shape index (κ1) is 16.3. The smallest absolute Gasteiger partial charge is 0.273 e. The maximum atomic E-state index is 12.9. The first-order chi connectivity index (χ1) is 12.1. The van der Waals surface area contributed by atoms with Crippen molar-refractivity contribution in [3.63, 3.8) is 0 Å². The number of rotatable bonds is 3. The molecule has 0 unspecified atom stereocenters. The highest BCUT2D eigenvalue weighted by Crippen LogP contribution is 2.29. The van der Waals surface area contributed by atoms with Crippen LogP contribution in [0.3, 0.4) is 0 Å². The van der Waals surface area contributed by atoms with Crippen LogP contribution in [0, 0.1) is 5.92 Å². The molecule has 5 rings (SSSR count). The first-order valence-corrected chi connectivity index (χ1v) is 9.54. The van der Waals surface area contributed by atoms with Gasteiger partial charge < -0.3 is 9.80 Å². The summed E-state index contributed by atoms with van der Waals surface area (Å²) in [6.07, 6.45) is 2.60. The van der Waals surface area contributed by atoms with E-state index in [0.29, 0.717) is 18.8 Å². The van der Waals surface area contributed by atoms with Crippen LogP contribution in [0.2, 0.25) is 0 Å². The van der Waals surface area contributed by atoms with Crippen LogP contribution in [0.25, 0.3) is 0 Å². The third-order valence-corrected chi connectivity index (χ3v) is 6.07. The Balaban J connectivity index is 1.49. The lowest BCUT2D eigenvalue weighted by atomic mass is 9.95. The highest BCUT2D eigenvalue weighted by atomic mass is 32.1. The first-order valence-electron chi connectivity index (χ1n) is 8.66. The largest absolute Gasteiger partial charge is 0.341 e. The summed E-state index contributed by atoms with van der Waals surface area (Å²) in [5, 5.41) is 2.79. The molecule has 0 aliphatic carbocycles. The van der Waals surface area contributed by atoms with E-state index in [4.69, 9.17) is 0 Å². The number of benzene rings is 1. The molecule has 2 atom stereocenters. The number of nitrogens with zero attached hydrogens (tertiary/aromatic N) is 3. The molecular weight excluding hydrogens is 334 g/mol. The Morgan fingerprint density at radius 3 is 2.84 bits per heavy atom. The maximum absolute atomic E-state index is 12.9. The Morgan fingerprint density at radius 1 is 1.24 bits per heavy atom. The molecular formula is C19H21N3O2S. The quantitative estimate of drug-likeness (QED) is 0.850. The lowest BCUT2D eigenvalue weighted by molar-refractivity contribution is -0.138. The molecule has 3 aliphatic heterocycles. The van der Waals surface area contributed by atoms with Gasteiger partial charge in [-0.1, -0.05) is 30.3 Å². The van der Waals surface area contributed by atoms with Gasteiger partial charge in [0.25, 0.3) is 5.91 Å². The molecule has 2 bridgehead atoms. The van der Waals surface area contributed by atoms with E-state index in [1.165, 1.54) is 16.9 Å². The number of aromatic nitrogens is 1. The van der Waals surface area contributed by atoms with E-state index in [-0.39, 0.29) is 23.8 Å². The van der Waals surface area contributed by atoms with Gasteiger partial charge >= 0.3 is 0 Å². The normalized spacial score (nSPS) is 23.0. The Labute approximate surface area is 151 Å². The third kappa shape index (κ3) is 3.18. The van der Waals surface area contributed by atoms with Gasteiger partial charge in [0.1, 0.15) is 5.69 Å². The summed E-state index contributed by atoms with van der Waals surface area (Å²) in [5.74, 6) is 0.0697. The molecule has 0 radical (unpaired) electrons. The molecule has 3 saturated heterocycles. The molecule has 0 spiro atoms. The second kappa shape index (κ2) is 6.59. The zero-order valence-corrected chi connectivity index (χ0v) is 15.0. The molecule has 5 nitrogen and oxygen atoms in total. The summed E-state index contributed by atoms with van der Waals surface area (Å²) in [7, 11) is 1.86. The van der Waals surface area contributed by atoms with Gasteiger partial charge in [-0.15, -0.1) is 11.3 Å². The van der Waals surface area contributed by atoms with Gasteiger partial charge in [-0.05, 0) is 18.4 Å². The number of likely N-dealkylation sites (N-methyl/N-ethyl adjacent to an activating group) is 1. The van der Waals surface area contributed by atoms with Crippen molar-refractivity contribution in [1.82, 2.24) is 14.8 Å². The predicted molar refractivity (Wildman–Crippen MR) is 96.5 cm³/mol. The number of carbonyl (C=O) groups is 2. The Bertz CT molecular complexity index is 789. The summed E-state index contributed by atoms with van der Waals surface area (Å²) < 4.78 is 0. The van der Waals surface area contributed by atoms with Crippen LogP contribution < -0.4 is 0 Å². The standard InChI is InChI=1S/C19H21N3O2S/c1-21-15-8-7-14(18(21)23)10-22(11-15)19(24)16-12-25-17(20-16)9-13-5-3-2-4-6-13/h2-6,12,14-15H,7-11H2,1H3/t14-,15+/m0/s1. The zero-order chi connectivity index (χ0) is 17.4. The van der Waals surface area contributed by atoms with Gasteiger partial charge in [0.2, 0.25) is 5.91 Å². The van der Waals surface area contributed by atoms with E-state index in [2.05, 4.69) is 17.1 Å². The van der Waals surface area contributed by atoms with Crippen LogP contribution in [-0.2, 0) is 11.2 Å². The number of thiazole rings is 1. The van der Waals surface area contributed by atoms with Crippen molar-refractivity contribution in [3.05, 3.63) is 52.0 Å². The zero-order valence-electron chi connectivity index (χ0n) is 14.2. The van der Waals surface area contributed by atoms with E-state index in [9.17, 15) is 9.59 Å². The number of amides is 2. The van der Waals surface area contributed by atoms with Crippen LogP contribution in [0.15, 0.2) is 35.7 Å². The molecule has 0 saturated carbocycles. The summed E-state index contributed by atoms with van der Waals surface area (Å²) in [6, 6.07) is 10.3. The number of hydrogen-bond acceptors (Lipinski definition) is 4. The van der Waals surface area contributed by atoms with Gasteiger partial charge in [-0.2, -0.15) is 0 Å². The fourth-order valence-electron chi connectivity index (χ4n) is 3.75. The van der Waals surface area contributed by atoms with Gasteiger partial charge in [0, 0.05) is 38.0 Å². The Kier molecular flexibility index (Phi) is 4.29. The lowest BCUT2D eigenvalue weighted by Gasteiger charge is -2.32. The summed E-state index contributed by atoms with van der Waals surface area (Å²) in [6.45, 7) is 1.13. The minimum Gasteiger partial charge on any atom is -0.341 e. The van der Waals surface area contributed by atoms with Gasteiger partial charge in [-0.25, -0.2) is 4.98 Å². The summed E-state index contributed by atoms with van der Waals surface area (Å²) >= 11 is 1.52. The highest BCUT2D eigenvalue weighted by Gasteiger charge is 2.40. The van der Waals surface area contributed by atoms with E-state index < -0.39 is 0 Å². The average Bonchev–Trinajstić information content (AvgIpc) is 2.92. The van der Waals surface area contributed by atoms with E-state index in [1.807, 2.05) is 40.4 Å². The van der Waals surface area contributed by atoms with Gasteiger partial charge in [-0.3, -0.25) is 9.59 Å². The molecule has 6 heteroatoms. The van der Waals surface area contributed by atoms with Crippen LogP contribution in [-0.4, -0.2) is 52.8 Å². The Morgan fingerprint density at radius 2 is 2.04 bits per heavy atom. The molecule has 25 heavy (non-hydrogen) atoms. The number of hydrogen-bond donors (Lipinski definition) is 0. The molecule has 2 amide bonds. The molecule has 1 aromatic carbocycles. The maximum Gasteiger partial charge on any atom is 0.273 e. The molecule has 0 N–H and O–H groups in total. The number of fused-ring (bicyclic) bond motifs is 4. The average molecular weight is 355 g/mol. The topological polar surface area (TPSA) is 53.5 Å². The molecule has 2 aromatic rings. The third-order valence-electron chi connectivity index (χ3n) is 5.22. The lowest BCUT2D eigenvalue weighted by Crippen LogP contribution is -2.45. The number of piperidine rings is 1. The SMILES string of the molecule is CN1C(=O)[C@H]2CC[C@@H]1CN(C(=O)c1csc(Cc3ccccc3)n1)C2. The predicted octanol–water partition coefficient (Wildman–Crippen LogP) is 2.43. The van der Waals surface area contributed by atoms with E-state index in [0.717, 1.165) is 24.3 Å². The summed E-state index contributed by atoms with van der Waals surface area (Å²) in [4.78, 5) is 33.4. The minimum absolute atomic E-state index is 0.0458. The van der Waals surface area contributed by atoms with E-state index >= 15 is 0 Å². The second-order valence-electron chi connectivity index (χ2n) is 6.88. The van der Waals surface area contributed by atoms with Crippen molar-refractivity contribution < 1.29 is 9.59 Å². The molecule has 3 fully saturated rings. The van der Waals surface area contributed by atoms with Crippen LogP contribution in [0.5, 0.6) is 0 Å². The monoisotopic (exact) mass is 355 g/mol. The van der Waals surface area contributed by atoms with Crippen molar-refractivity contribution in [3.8, 4) is 0 Å². The highest BCUT2D eigenvalue weighted by molar-refractivity contribution is 7.09. The molecule has 4 heterocycles. The summed E-state index contributed by atoms with van der Waals surface area (Å²) in [5.41, 5.74) is 1.70. The van der Waals surface area contributed by atoms with Crippen molar-refractivity contribution in [1.29, 1.82) is 0 Å². The van der Waals surface area contributed by atoms with Crippen LogP contribution in [0.4, 0.5) is 0 Å². The number of carbonyl (C=O) groups excluding carboxylic acids is 2. The van der Waals surface area contributed by atoms with E-state index in [1.54, 1.807) is 0 Å². The van der Waals surface area contributed by atoms with Gasteiger partial charge in [0.15, 0.2) is 0 Å². The fraction of sp³-hybridized carbons (Fsp3) is 0.421. The molecule has 3 aliphatic rings. The van der Waals surface area contributed by atoms with Crippen LogP contribution >= 0.6 is 11.3 Å². The van der Waals surface area contributed by atoms with Crippen molar-refractivity contribution >= 4 is 23.2 Å². The fourth-order valence-corrected chi connectivity index (χ4v) is 4.55. The second-order valence-corrected chi connectivity index (χ2v) is 7.82. The molecule has 130 valence electrons. The molecule has 1 aromatic heterocycles. The van der Waals surface area contributed by atoms with Gasteiger partial charge in [0.05, 0.1) is 10.9 Å². The van der Waals surface area contributed by atoms with Crippen molar-refractivity contribution in [2.75, 3.05) is 20.1 Å². The minimum atomic E-state index is -0.0601. The van der Waals surface area contributed by atoms with Crippen molar-refractivity contribution in [2.24, 2.45) is 5.92 Å². The van der Waals surface area contributed by atoms with Crippen molar-refractivity contribution in [2.45, 2.75) is 25.3 Å². The van der Waals surface area contributed by atoms with Crippen LogP contribution in [0.1, 0.15) is 33.9 Å². The Hall–Kier alpha value is -2.21.